The van der Waals surface area contributed by atoms with Gasteiger partial charge in [-0.3, -0.25) is 19.9 Å². The second kappa shape index (κ2) is 6.75. The minimum absolute atomic E-state index is 0.0181. The summed E-state index contributed by atoms with van der Waals surface area (Å²) in [6.45, 7) is 2.75. The fraction of sp³-hybridized carbons (Fsp3) is 0.250. The molecular weight excluding hydrogens is 294 g/mol. The Morgan fingerprint density at radius 2 is 2.29 bits per heavy atom. The summed E-state index contributed by atoms with van der Waals surface area (Å²) in [7, 11) is 0. The number of carbonyl (C=O) groups is 1. The maximum Gasteiger partial charge on any atom is 0.300 e. The van der Waals surface area contributed by atoms with Crippen LogP contribution in [0.2, 0.25) is 0 Å². The van der Waals surface area contributed by atoms with Crippen LogP contribution in [0.15, 0.2) is 24.0 Å². The summed E-state index contributed by atoms with van der Waals surface area (Å²) in [4.78, 5) is 31.2. The molecule has 0 aliphatic carbocycles. The molecule has 2 rings (SSSR count). The van der Waals surface area contributed by atoms with E-state index in [1.165, 1.54) is 17.4 Å². The molecule has 0 atom stereocenters. The van der Waals surface area contributed by atoms with Gasteiger partial charge in [-0.15, -0.1) is 11.3 Å². The molecular formula is C12H13N5O3S. The number of aromatic nitrogens is 2. The molecule has 0 aromatic carbocycles. The summed E-state index contributed by atoms with van der Waals surface area (Å²) in [6, 6.07) is 1.38. The highest BCUT2D eigenvalue weighted by molar-refractivity contribution is 7.09. The van der Waals surface area contributed by atoms with E-state index in [-0.39, 0.29) is 17.8 Å². The van der Waals surface area contributed by atoms with Crippen LogP contribution in [0.4, 0.5) is 11.5 Å². The van der Waals surface area contributed by atoms with Crippen molar-refractivity contribution in [1.29, 1.82) is 0 Å². The van der Waals surface area contributed by atoms with E-state index in [1.807, 2.05) is 6.92 Å². The standard InChI is InChI=1S/C12H13N5O3S/c1-2-14-11-3-9(10(6-15-11)17(19)20)12(18)16-5-8-4-13-7-21-8/h3-4,6-7H,2,5H2,1H3,(H,14,15)(H,16,18). The normalized spacial score (nSPS) is 10.1. The van der Waals surface area contributed by atoms with Crippen molar-refractivity contribution in [2.45, 2.75) is 13.5 Å². The Balaban J connectivity index is 2.20. The molecule has 2 N–H and O–H groups in total. The molecule has 0 aliphatic heterocycles. The summed E-state index contributed by atoms with van der Waals surface area (Å²) in [6.07, 6.45) is 2.72. The Bertz CT molecular complexity index is 644. The largest absolute Gasteiger partial charge is 0.370 e. The molecule has 0 fully saturated rings. The van der Waals surface area contributed by atoms with Gasteiger partial charge in [-0.05, 0) is 6.92 Å². The zero-order valence-corrected chi connectivity index (χ0v) is 12.0. The van der Waals surface area contributed by atoms with Crippen LogP contribution in [0.25, 0.3) is 0 Å². The summed E-state index contributed by atoms with van der Waals surface area (Å²) >= 11 is 1.40. The van der Waals surface area contributed by atoms with Crippen LogP contribution in [0.5, 0.6) is 0 Å². The first-order valence-electron chi connectivity index (χ1n) is 6.15. The molecule has 110 valence electrons. The number of pyridine rings is 1. The summed E-state index contributed by atoms with van der Waals surface area (Å²) in [5.41, 5.74) is 1.31. The Morgan fingerprint density at radius 3 is 2.90 bits per heavy atom. The molecule has 0 saturated carbocycles. The first kappa shape index (κ1) is 14.9. The van der Waals surface area contributed by atoms with Crippen LogP contribution >= 0.6 is 11.3 Å². The molecule has 0 bridgehead atoms. The lowest BCUT2D eigenvalue weighted by molar-refractivity contribution is -0.385. The van der Waals surface area contributed by atoms with Crippen LogP contribution in [0, 0.1) is 10.1 Å². The zero-order chi connectivity index (χ0) is 15.2. The van der Waals surface area contributed by atoms with Gasteiger partial charge in [-0.25, -0.2) is 4.98 Å². The van der Waals surface area contributed by atoms with Gasteiger partial charge in [0.15, 0.2) is 0 Å². The van der Waals surface area contributed by atoms with Gasteiger partial charge >= 0.3 is 0 Å². The Hall–Kier alpha value is -2.55. The van der Waals surface area contributed by atoms with E-state index >= 15 is 0 Å². The van der Waals surface area contributed by atoms with E-state index in [4.69, 9.17) is 0 Å². The van der Waals surface area contributed by atoms with Gasteiger partial charge in [-0.1, -0.05) is 0 Å². The van der Waals surface area contributed by atoms with Gasteiger partial charge in [0.2, 0.25) is 0 Å². The fourth-order valence-electron chi connectivity index (χ4n) is 1.65. The molecule has 2 aromatic rings. The SMILES string of the molecule is CCNc1cc(C(=O)NCc2cncs2)c([N+](=O)[O-])cn1. The van der Waals surface area contributed by atoms with Crippen molar-refractivity contribution in [3.05, 3.63) is 44.5 Å². The highest BCUT2D eigenvalue weighted by Crippen LogP contribution is 2.20. The van der Waals surface area contributed by atoms with Gasteiger partial charge in [-0.2, -0.15) is 0 Å². The third-order valence-electron chi connectivity index (χ3n) is 2.59. The van der Waals surface area contributed by atoms with Crippen LogP contribution in [0.3, 0.4) is 0 Å². The molecule has 2 heterocycles. The summed E-state index contributed by atoms with van der Waals surface area (Å²) < 4.78 is 0. The number of anilines is 1. The highest BCUT2D eigenvalue weighted by atomic mass is 32.1. The summed E-state index contributed by atoms with van der Waals surface area (Å²) in [5, 5.41) is 16.5. The van der Waals surface area contributed by atoms with Crippen molar-refractivity contribution >= 4 is 28.7 Å². The minimum atomic E-state index is -0.621. The second-order valence-electron chi connectivity index (χ2n) is 4.02. The zero-order valence-electron chi connectivity index (χ0n) is 11.2. The first-order chi connectivity index (χ1) is 10.1. The molecule has 9 heteroatoms. The van der Waals surface area contributed by atoms with E-state index < -0.39 is 10.8 Å². The smallest absolute Gasteiger partial charge is 0.300 e. The lowest BCUT2D eigenvalue weighted by Crippen LogP contribution is -2.23. The maximum atomic E-state index is 12.1. The van der Waals surface area contributed by atoms with E-state index in [0.717, 1.165) is 11.1 Å². The predicted molar refractivity (Wildman–Crippen MR) is 78.3 cm³/mol. The van der Waals surface area contributed by atoms with Crippen molar-refractivity contribution in [1.82, 2.24) is 15.3 Å². The predicted octanol–water partition coefficient (Wildman–Crippen LogP) is 1.81. The van der Waals surface area contributed by atoms with Crippen molar-refractivity contribution < 1.29 is 9.72 Å². The van der Waals surface area contributed by atoms with Crippen LogP contribution in [-0.2, 0) is 6.54 Å². The number of nitro groups is 1. The number of hydrogen-bond donors (Lipinski definition) is 2. The fourth-order valence-corrected chi connectivity index (χ4v) is 2.18. The molecule has 0 unspecified atom stereocenters. The minimum Gasteiger partial charge on any atom is -0.370 e. The van der Waals surface area contributed by atoms with Crippen molar-refractivity contribution in [3.8, 4) is 0 Å². The Labute approximate surface area is 124 Å². The number of amides is 1. The molecule has 1 amide bonds. The first-order valence-corrected chi connectivity index (χ1v) is 7.03. The van der Waals surface area contributed by atoms with Gasteiger partial charge in [0.05, 0.1) is 17.0 Å². The monoisotopic (exact) mass is 307 g/mol. The van der Waals surface area contributed by atoms with E-state index in [2.05, 4.69) is 20.6 Å². The molecule has 0 radical (unpaired) electrons. The van der Waals surface area contributed by atoms with Crippen LogP contribution in [0.1, 0.15) is 22.2 Å². The van der Waals surface area contributed by atoms with Gasteiger partial charge in [0, 0.05) is 23.7 Å². The molecule has 0 spiro atoms. The topological polar surface area (TPSA) is 110 Å². The van der Waals surface area contributed by atoms with Crippen molar-refractivity contribution in [2.24, 2.45) is 0 Å². The number of nitrogens with one attached hydrogen (secondary N) is 2. The van der Waals surface area contributed by atoms with Crippen molar-refractivity contribution in [3.63, 3.8) is 0 Å². The number of carbonyl (C=O) groups excluding carboxylic acids is 1. The van der Waals surface area contributed by atoms with Gasteiger partial charge in [0.1, 0.15) is 17.6 Å². The Morgan fingerprint density at radius 1 is 1.48 bits per heavy atom. The number of hydrogen-bond acceptors (Lipinski definition) is 7. The average Bonchev–Trinajstić information content (AvgIpc) is 2.98. The van der Waals surface area contributed by atoms with Crippen LogP contribution < -0.4 is 10.6 Å². The third kappa shape index (κ3) is 3.72. The average molecular weight is 307 g/mol. The Kier molecular flexibility index (Phi) is 4.77. The van der Waals surface area contributed by atoms with Crippen LogP contribution in [-0.4, -0.2) is 27.3 Å². The second-order valence-corrected chi connectivity index (χ2v) is 5.00. The number of rotatable bonds is 6. The molecule has 0 saturated heterocycles. The van der Waals surface area contributed by atoms with E-state index in [1.54, 1.807) is 11.7 Å². The molecule has 21 heavy (non-hydrogen) atoms. The highest BCUT2D eigenvalue weighted by Gasteiger charge is 2.21. The van der Waals surface area contributed by atoms with Gasteiger partial charge < -0.3 is 10.6 Å². The van der Waals surface area contributed by atoms with E-state index in [0.29, 0.717) is 12.4 Å². The third-order valence-corrected chi connectivity index (χ3v) is 3.37. The number of thiazole rings is 1. The lowest BCUT2D eigenvalue weighted by atomic mass is 10.2. The summed E-state index contributed by atoms with van der Waals surface area (Å²) in [5.74, 6) is -0.0947. The maximum absolute atomic E-state index is 12.1. The van der Waals surface area contributed by atoms with E-state index in [9.17, 15) is 14.9 Å². The lowest BCUT2D eigenvalue weighted by Gasteiger charge is -2.07. The quantitative estimate of drug-likeness (QED) is 0.622. The molecule has 0 aliphatic rings. The molecule has 8 nitrogen and oxygen atoms in total. The van der Waals surface area contributed by atoms with Crippen molar-refractivity contribution in [2.75, 3.05) is 11.9 Å². The molecule has 2 aromatic heterocycles. The number of nitrogens with zero attached hydrogens (tertiary/aromatic N) is 3. The van der Waals surface area contributed by atoms with Gasteiger partial charge in [0.25, 0.3) is 11.6 Å².